The van der Waals surface area contributed by atoms with Crippen molar-refractivity contribution in [3.05, 3.63) is 16.7 Å². The van der Waals surface area contributed by atoms with Crippen LogP contribution in [0.5, 0.6) is 0 Å². The lowest BCUT2D eigenvalue weighted by Gasteiger charge is -2.26. The first kappa shape index (κ1) is 30.4. The maximum absolute atomic E-state index is 15.9. The van der Waals surface area contributed by atoms with Crippen LogP contribution in [0.1, 0.15) is 12.5 Å². The summed E-state index contributed by atoms with van der Waals surface area (Å²) in [6.07, 6.45) is -13.6. The van der Waals surface area contributed by atoms with Crippen LogP contribution in [0.25, 0.3) is 22.3 Å². The smallest absolute Gasteiger partial charge is 0.382 e. The molecular formula is C18H20F2N12O10P2S. The molecular weight excluding hydrogens is 676 g/mol. The van der Waals surface area contributed by atoms with Crippen molar-refractivity contribution >= 4 is 60.4 Å². The third-order valence-electron chi connectivity index (χ3n) is 6.97. The highest BCUT2D eigenvalue weighted by molar-refractivity contribution is 8.07. The monoisotopic (exact) mass is 696 g/mol. The molecule has 4 aromatic rings. The Hall–Kier alpha value is -3.22. The van der Waals surface area contributed by atoms with Crippen LogP contribution in [-0.2, 0) is 43.9 Å². The molecule has 27 heteroatoms. The van der Waals surface area contributed by atoms with Crippen molar-refractivity contribution in [1.29, 1.82) is 0 Å². The number of anilines is 2. The SMILES string of the molecule is Nc1nc2c(nnn2[C@@H]2O[C@@H]3COP(=O)(O)O[C@H]4[C@H](F)[C@H](n5nnc6c(N)ncnc65)O[C@@H]4COP(O)(=S)O[C@@H]2[C@H]3F)c(=O)[nH]1. The highest BCUT2D eigenvalue weighted by Gasteiger charge is 2.55. The molecule has 3 aliphatic rings. The van der Waals surface area contributed by atoms with Gasteiger partial charge in [-0.1, -0.05) is 10.4 Å². The summed E-state index contributed by atoms with van der Waals surface area (Å²) in [4.78, 5) is 47.6. The molecule has 7 N–H and O–H groups in total. The predicted molar refractivity (Wildman–Crippen MR) is 143 cm³/mol. The van der Waals surface area contributed by atoms with Gasteiger partial charge in [-0.15, -0.1) is 10.2 Å². The van der Waals surface area contributed by atoms with Gasteiger partial charge in [0, 0.05) is 0 Å². The molecule has 45 heavy (non-hydrogen) atoms. The van der Waals surface area contributed by atoms with Gasteiger partial charge >= 0.3 is 14.5 Å². The normalized spacial score (nSPS) is 37.7. The van der Waals surface area contributed by atoms with Gasteiger partial charge in [-0.2, -0.15) is 14.3 Å². The lowest BCUT2D eigenvalue weighted by atomic mass is 10.1. The van der Waals surface area contributed by atoms with Crippen molar-refractivity contribution < 1.29 is 50.7 Å². The molecule has 4 aromatic heterocycles. The van der Waals surface area contributed by atoms with E-state index in [0.29, 0.717) is 0 Å². The fraction of sp³-hybridized carbons (Fsp3) is 0.556. The van der Waals surface area contributed by atoms with E-state index in [0.717, 1.165) is 15.7 Å². The van der Waals surface area contributed by atoms with Crippen LogP contribution in [0.4, 0.5) is 20.5 Å². The molecule has 0 radical (unpaired) electrons. The summed E-state index contributed by atoms with van der Waals surface area (Å²) in [6.45, 7) is -6.19. The number of nitrogens with zero attached hydrogens (tertiary/aromatic N) is 9. The Bertz CT molecular complexity index is 1950. The molecule has 3 aliphatic heterocycles. The minimum Gasteiger partial charge on any atom is -0.382 e. The van der Waals surface area contributed by atoms with E-state index in [1.54, 1.807) is 0 Å². The van der Waals surface area contributed by atoms with Crippen molar-refractivity contribution in [3.63, 3.8) is 0 Å². The number of hydrogen-bond donors (Lipinski definition) is 5. The van der Waals surface area contributed by atoms with Gasteiger partial charge in [0.15, 0.2) is 52.9 Å². The molecule has 2 bridgehead atoms. The number of rotatable bonds is 2. The van der Waals surface area contributed by atoms with E-state index in [4.69, 9.17) is 50.8 Å². The number of aromatic amines is 1. The van der Waals surface area contributed by atoms with E-state index in [1.807, 2.05) is 0 Å². The average molecular weight is 696 g/mol. The number of nitrogens with two attached hydrogens (primary N) is 2. The lowest BCUT2D eigenvalue weighted by molar-refractivity contribution is -0.0680. The van der Waals surface area contributed by atoms with Crippen LogP contribution < -0.4 is 17.0 Å². The molecule has 3 saturated heterocycles. The van der Waals surface area contributed by atoms with Gasteiger partial charge in [-0.25, -0.2) is 23.3 Å². The van der Waals surface area contributed by atoms with E-state index in [2.05, 4.69) is 40.6 Å². The second kappa shape index (κ2) is 10.9. The first-order chi connectivity index (χ1) is 21.3. The highest BCUT2D eigenvalue weighted by atomic mass is 32.5. The molecule has 0 saturated carbocycles. The summed E-state index contributed by atoms with van der Waals surface area (Å²) in [5, 5.41) is 15.1. The maximum Gasteiger partial charge on any atom is 0.472 e. The van der Waals surface area contributed by atoms with Crippen molar-refractivity contribution in [2.24, 2.45) is 0 Å². The maximum atomic E-state index is 15.9. The minimum atomic E-state index is -5.18. The molecule has 0 aliphatic carbocycles. The van der Waals surface area contributed by atoms with Gasteiger partial charge < -0.3 is 35.3 Å². The summed E-state index contributed by atoms with van der Waals surface area (Å²) in [5.74, 6) is -0.385. The van der Waals surface area contributed by atoms with Gasteiger partial charge in [0.25, 0.3) is 5.56 Å². The Kier molecular flexibility index (Phi) is 7.40. The number of ether oxygens (including phenoxy) is 2. The molecule has 3 fully saturated rings. The molecule has 242 valence electrons. The molecule has 0 aromatic carbocycles. The molecule has 2 unspecified atom stereocenters. The Morgan fingerprint density at radius 2 is 1.62 bits per heavy atom. The zero-order valence-corrected chi connectivity index (χ0v) is 24.6. The zero-order chi connectivity index (χ0) is 31.8. The van der Waals surface area contributed by atoms with Gasteiger partial charge in [0.1, 0.15) is 30.7 Å². The van der Waals surface area contributed by atoms with Crippen LogP contribution >= 0.6 is 14.5 Å². The van der Waals surface area contributed by atoms with Crippen molar-refractivity contribution in [2.75, 3.05) is 24.7 Å². The van der Waals surface area contributed by atoms with E-state index >= 15 is 8.78 Å². The lowest BCUT2D eigenvalue weighted by Crippen LogP contribution is -2.34. The quantitative estimate of drug-likeness (QED) is 0.149. The van der Waals surface area contributed by atoms with Crippen LogP contribution in [0.3, 0.4) is 0 Å². The number of alkyl halides is 2. The number of nitrogen functional groups attached to an aromatic ring is 2. The topological polar surface area (TPSA) is 298 Å². The number of phosphoric acid groups is 1. The Morgan fingerprint density at radius 3 is 2.40 bits per heavy atom. The van der Waals surface area contributed by atoms with Gasteiger partial charge in [0.2, 0.25) is 5.95 Å². The highest BCUT2D eigenvalue weighted by Crippen LogP contribution is 2.54. The summed E-state index contributed by atoms with van der Waals surface area (Å²) in [6, 6.07) is 0. The third-order valence-corrected chi connectivity index (χ3v) is 9.51. The van der Waals surface area contributed by atoms with E-state index in [9.17, 15) is 19.1 Å². The van der Waals surface area contributed by atoms with Crippen LogP contribution in [-0.4, -0.2) is 110 Å². The number of hydrogen-bond acceptors (Lipinski definition) is 18. The first-order valence-corrected chi connectivity index (χ1v) is 16.7. The zero-order valence-electron chi connectivity index (χ0n) is 22.0. The van der Waals surface area contributed by atoms with Gasteiger partial charge in [0.05, 0.1) is 13.2 Å². The second-order valence-electron chi connectivity index (χ2n) is 9.81. The number of fused-ring (bicyclic) bond motifs is 5. The standard InChI is InChI=1S/C18H20F2N12O10P2S/c19-6-4-1-37-43(34,35)41-10-5(40-16(7(10)20)31-13-8(27-29-31)12(21)23-3-24-13)2-38-44(36,45)42-11(6)17(39-4)32-14-9(28-30-32)15(33)26-18(22)25-14/h3-7,10-11,16-17H,1-2H2,(H,34,35)(H,36,45)(H2,21,23,24)(H3,22,25,26,33)/t4-,5-,6+,7+,10-,11-,16-,17-,44?/m1/s1. The Labute approximate surface area is 251 Å². The number of aromatic nitrogens is 10. The van der Waals surface area contributed by atoms with Crippen molar-refractivity contribution in [3.8, 4) is 0 Å². The average Bonchev–Trinajstić information content (AvgIpc) is 3.72. The van der Waals surface area contributed by atoms with Crippen LogP contribution in [0.15, 0.2) is 11.1 Å². The van der Waals surface area contributed by atoms with Crippen LogP contribution in [0.2, 0.25) is 0 Å². The van der Waals surface area contributed by atoms with E-state index < -0.39 is 82.5 Å². The molecule has 22 nitrogen and oxygen atoms in total. The molecule has 0 spiro atoms. The summed E-state index contributed by atoms with van der Waals surface area (Å²) >= 11 is 5.09. The van der Waals surface area contributed by atoms with E-state index in [1.165, 1.54) is 0 Å². The molecule has 0 amide bonds. The van der Waals surface area contributed by atoms with Crippen molar-refractivity contribution in [1.82, 2.24) is 49.9 Å². The second-order valence-corrected chi connectivity index (χ2v) is 14.0. The number of halogens is 2. The summed E-state index contributed by atoms with van der Waals surface area (Å²) in [5.41, 5.74) is 10.1. The van der Waals surface area contributed by atoms with Gasteiger partial charge in [-0.3, -0.25) is 23.3 Å². The van der Waals surface area contributed by atoms with Gasteiger partial charge in [-0.05, 0) is 11.8 Å². The number of phosphoric ester groups is 1. The molecule has 10 atom stereocenters. The largest absolute Gasteiger partial charge is 0.472 e. The Balaban J connectivity index is 1.21. The summed E-state index contributed by atoms with van der Waals surface area (Å²) in [7, 11) is -5.18. The van der Waals surface area contributed by atoms with Crippen molar-refractivity contribution in [2.45, 2.75) is 49.2 Å². The Morgan fingerprint density at radius 1 is 0.933 bits per heavy atom. The van der Waals surface area contributed by atoms with Crippen LogP contribution in [0, 0.1) is 0 Å². The number of nitrogens with one attached hydrogen (secondary N) is 1. The third kappa shape index (κ3) is 5.38. The molecule has 7 heterocycles. The number of H-pyrrole nitrogens is 1. The fourth-order valence-electron chi connectivity index (χ4n) is 4.98. The first-order valence-electron chi connectivity index (χ1n) is 12.6. The van der Waals surface area contributed by atoms with E-state index in [-0.39, 0.29) is 34.1 Å². The fourth-order valence-corrected chi connectivity index (χ4v) is 7.34. The minimum absolute atomic E-state index is 0.0245. The molecule has 7 rings (SSSR count). The summed E-state index contributed by atoms with van der Waals surface area (Å²) < 4.78 is 78.6. The predicted octanol–water partition coefficient (Wildman–Crippen LogP) is -1.48.